The number of amides is 1. The molecule has 3 rings (SSSR count). The van der Waals surface area contributed by atoms with Crippen molar-refractivity contribution in [3.05, 3.63) is 55.7 Å². The van der Waals surface area contributed by atoms with Gasteiger partial charge in [0.05, 0.1) is 17.2 Å². The van der Waals surface area contributed by atoms with E-state index in [-0.39, 0.29) is 29.0 Å². The van der Waals surface area contributed by atoms with Gasteiger partial charge in [0, 0.05) is 31.1 Å². The minimum Gasteiger partial charge on any atom is -0.489 e. The molecule has 8 nitrogen and oxygen atoms in total. The average molecular weight is 454 g/mol. The van der Waals surface area contributed by atoms with Crippen molar-refractivity contribution in [3.8, 4) is 5.75 Å². The largest absolute Gasteiger partial charge is 0.489 e. The number of hydrogen-bond donors (Lipinski definition) is 1. The van der Waals surface area contributed by atoms with Gasteiger partial charge < -0.3 is 14.7 Å². The third-order valence-corrected chi connectivity index (χ3v) is 6.09. The third kappa shape index (κ3) is 3.89. The number of carboxylic acids is 1. The van der Waals surface area contributed by atoms with Gasteiger partial charge in [-0.15, -0.1) is 0 Å². The molecule has 1 aromatic carbocycles. The first-order chi connectivity index (χ1) is 14.1. The minimum atomic E-state index is -1.35. The van der Waals surface area contributed by atoms with Crippen molar-refractivity contribution in [3.63, 3.8) is 0 Å². The number of carboxylic acid groups (broad SMARTS) is 1. The Labute approximate surface area is 183 Å². The smallest absolute Gasteiger partial charge is 0.358 e. The van der Waals surface area contributed by atoms with E-state index in [1.807, 2.05) is 6.92 Å². The molecule has 160 valence electrons. The number of methoxy groups -OCH3 is 1. The van der Waals surface area contributed by atoms with Gasteiger partial charge in [0.1, 0.15) is 5.82 Å². The number of halogens is 2. The molecule has 1 N–H and O–H groups in total. The van der Waals surface area contributed by atoms with Crippen LogP contribution < -0.4 is 10.3 Å². The number of hydrogen-bond acceptors (Lipinski definition) is 5. The van der Waals surface area contributed by atoms with Crippen LogP contribution in [0.15, 0.2) is 23.0 Å². The number of nitrogens with zero attached hydrogens (tertiary/aromatic N) is 3. The summed E-state index contributed by atoms with van der Waals surface area (Å²) in [6.45, 7) is 2.64. The zero-order chi connectivity index (χ0) is 22.2. The number of ether oxygens (including phenoxy) is 1. The van der Waals surface area contributed by atoms with Crippen molar-refractivity contribution >= 4 is 35.1 Å². The fourth-order valence-corrected chi connectivity index (χ4v) is 4.16. The number of aromatic nitrogens is 2. The first kappa shape index (κ1) is 22.1. The van der Waals surface area contributed by atoms with Crippen LogP contribution >= 0.6 is 23.2 Å². The molecule has 1 fully saturated rings. The molecule has 2 heterocycles. The summed E-state index contributed by atoms with van der Waals surface area (Å²) < 4.78 is 6.26. The second-order valence-electron chi connectivity index (χ2n) is 7.51. The van der Waals surface area contributed by atoms with E-state index in [0.717, 1.165) is 0 Å². The monoisotopic (exact) mass is 453 g/mol. The molecule has 0 bridgehead atoms. The molecular weight excluding hydrogens is 433 g/mol. The molecular formula is C20H21Cl2N3O5. The Balaban J connectivity index is 2.00. The molecule has 1 amide bonds. The van der Waals surface area contributed by atoms with Gasteiger partial charge in [-0.2, -0.15) is 0 Å². The molecule has 1 unspecified atom stereocenters. The summed E-state index contributed by atoms with van der Waals surface area (Å²) in [5, 5.41) is 10.1. The van der Waals surface area contributed by atoms with E-state index in [1.54, 1.807) is 17.0 Å². The van der Waals surface area contributed by atoms with Crippen LogP contribution in [0.2, 0.25) is 10.0 Å². The van der Waals surface area contributed by atoms with E-state index in [0.29, 0.717) is 30.0 Å². The van der Waals surface area contributed by atoms with Crippen molar-refractivity contribution in [1.82, 2.24) is 14.5 Å². The first-order valence-electron chi connectivity index (χ1n) is 9.22. The van der Waals surface area contributed by atoms with Crippen molar-refractivity contribution in [2.45, 2.75) is 25.2 Å². The summed E-state index contributed by atoms with van der Waals surface area (Å²) in [5.74, 6) is -1.61. The highest BCUT2D eigenvalue weighted by molar-refractivity contribution is 6.42. The van der Waals surface area contributed by atoms with Crippen molar-refractivity contribution < 1.29 is 19.4 Å². The molecule has 1 aliphatic rings. The fraction of sp³-hybridized carbons (Fsp3) is 0.400. The standard InChI is InChI=1S/C20H21Cl2N3O5/c1-20(19-23-14(18(28)29)15(30-3)17(27)24(19)2)7-4-8-25(10-20)16(26)11-5-6-12(21)13(22)9-11/h5-6,9H,4,7-8,10H2,1-3H3,(H,28,29). The van der Waals surface area contributed by atoms with Gasteiger partial charge in [0.2, 0.25) is 5.75 Å². The van der Waals surface area contributed by atoms with E-state index in [2.05, 4.69) is 4.98 Å². The van der Waals surface area contributed by atoms with E-state index in [1.165, 1.54) is 24.8 Å². The van der Waals surface area contributed by atoms with Crippen molar-refractivity contribution in [1.29, 1.82) is 0 Å². The number of rotatable bonds is 4. The Hall–Kier alpha value is -2.58. The first-order valence-corrected chi connectivity index (χ1v) is 9.98. The third-order valence-electron chi connectivity index (χ3n) is 5.35. The second kappa shape index (κ2) is 8.28. The van der Waals surface area contributed by atoms with Gasteiger partial charge >= 0.3 is 5.97 Å². The topological polar surface area (TPSA) is 102 Å². The lowest BCUT2D eigenvalue weighted by molar-refractivity contribution is 0.0630. The Morgan fingerprint density at radius 3 is 2.57 bits per heavy atom. The minimum absolute atomic E-state index is 0.225. The predicted molar refractivity (Wildman–Crippen MR) is 112 cm³/mol. The van der Waals surface area contributed by atoms with Gasteiger partial charge in [-0.1, -0.05) is 30.1 Å². The molecule has 1 atom stereocenters. The molecule has 0 saturated carbocycles. The van der Waals surface area contributed by atoms with Crippen LogP contribution in [-0.4, -0.2) is 51.6 Å². The number of benzene rings is 1. The maximum absolute atomic E-state index is 13.0. The van der Waals surface area contributed by atoms with E-state index in [4.69, 9.17) is 27.9 Å². The summed E-state index contributed by atoms with van der Waals surface area (Å²) in [4.78, 5) is 43.2. The maximum Gasteiger partial charge on any atom is 0.358 e. The van der Waals surface area contributed by atoms with Gasteiger partial charge in [-0.25, -0.2) is 9.78 Å². The van der Waals surface area contributed by atoms with Crippen LogP contribution in [-0.2, 0) is 12.5 Å². The zero-order valence-corrected chi connectivity index (χ0v) is 18.3. The van der Waals surface area contributed by atoms with E-state index in [9.17, 15) is 19.5 Å². The lowest BCUT2D eigenvalue weighted by atomic mass is 9.80. The van der Waals surface area contributed by atoms with Crippen LogP contribution in [0.1, 0.15) is 46.4 Å². The summed E-state index contributed by atoms with van der Waals surface area (Å²) in [5.41, 5.74) is -1.36. The van der Waals surface area contributed by atoms with Gasteiger partial charge in [0.15, 0.2) is 5.69 Å². The van der Waals surface area contributed by atoms with Gasteiger partial charge in [-0.05, 0) is 31.0 Å². The molecule has 2 aromatic rings. The van der Waals surface area contributed by atoms with Crippen molar-refractivity contribution in [2.24, 2.45) is 7.05 Å². The quantitative estimate of drug-likeness (QED) is 0.763. The number of piperidine rings is 1. The zero-order valence-electron chi connectivity index (χ0n) is 16.7. The molecule has 0 spiro atoms. The molecule has 1 aromatic heterocycles. The molecule has 0 radical (unpaired) electrons. The molecule has 30 heavy (non-hydrogen) atoms. The highest BCUT2D eigenvalue weighted by Gasteiger charge is 2.39. The van der Waals surface area contributed by atoms with Crippen LogP contribution in [0.5, 0.6) is 5.75 Å². The highest BCUT2D eigenvalue weighted by atomic mass is 35.5. The lowest BCUT2D eigenvalue weighted by Gasteiger charge is -2.40. The summed E-state index contributed by atoms with van der Waals surface area (Å²) >= 11 is 12.0. The number of likely N-dealkylation sites (tertiary alicyclic amines) is 1. The lowest BCUT2D eigenvalue weighted by Crippen LogP contribution is -2.49. The van der Waals surface area contributed by atoms with Gasteiger partial charge in [0.25, 0.3) is 11.5 Å². The fourth-order valence-electron chi connectivity index (χ4n) is 3.86. The predicted octanol–water partition coefficient (Wildman–Crippen LogP) is 2.99. The number of aromatic carboxylic acids is 1. The summed E-state index contributed by atoms with van der Waals surface area (Å²) in [6, 6.07) is 4.68. The van der Waals surface area contributed by atoms with Crippen LogP contribution in [0.25, 0.3) is 0 Å². The molecule has 1 aliphatic heterocycles. The second-order valence-corrected chi connectivity index (χ2v) is 8.32. The highest BCUT2D eigenvalue weighted by Crippen LogP contribution is 2.34. The number of carbonyl (C=O) groups excluding carboxylic acids is 1. The Bertz CT molecular complexity index is 1080. The summed E-state index contributed by atoms with van der Waals surface area (Å²) in [6.07, 6.45) is 1.29. The Morgan fingerprint density at radius 1 is 1.27 bits per heavy atom. The average Bonchev–Trinajstić information content (AvgIpc) is 2.70. The van der Waals surface area contributed by atoms with E-state index >= 15 is 0 Å². The normalized spacial score (nSPS) is 18.9. The Kier molecular flexibility index (Phi) is 6.10. The van der Waals surface area contributed by atoms with Crippen molar-refractivity contribution in [2.75, 3.05) is 20.2 Å². The molecule has 10 heteroatoms. The number of carbonyl (C=O) groups is 2. The summed E-state index contributed by atoms with van der Waals surface area (Å²) in [7, 11) is 2.74. The maximum atomic E-state index is 13.0. The SMILES string of the molecule is COc1c(C(=O)O)nc(C2(C)CCCN(C(=O)c3ccc(Cl)c(Cl)c3)C2)n(C)c1=O. The van der Waals surface area contributed by atoms with Crippen LogP contribution in [0, 0.1) is 0 Å². The van der Waals surface area contributed by atoms with Crippen LogP contribution in [0.3, 0.4) is 0 Å². The van der Waals surface area contributed by atoms with E-state index < -0.39 is 22.6 Å². The molecule has 1 saturated heterocycles. The molecule has 0 aliphatic carbocycles. The van der Waals surface area contributed by atoms with Crippen LogP contribution in [0.4, 0.5) is 0 Å². The Morgan fingerprint density at radius 2 is 1.97 bits per heavy atom. The van der Waals surface area contributed by atoms with Gasteiger partial charge in [-0.3, -0.25) is 14.2 Å².